The van der Waals surface area contributed by atoms with E-state index in [9.17, 15) is 0 Å². The van der Waals surface area contributed by atoms with Crippen LogP contribution in [0.2, 0.25) is 127 Å². The molecular weight excluding hydrogens is 1770 g/mol. The van der Waals surface area contributed by atoms with E-state index in [1.807, 2.05) is 0 Å². The molecule has 133 heavy (non-hydrogen) atoms. The molecule has 1 fully saturated rings. The van der Waals surface area contributed by atoms with Gasteiger partial charge in [0.1, 0.15) is 0 Å². The third-order valence-electron chi connectivity index (χ3n) is 27.6. The maximum atomic E-state index is 7.84. The highest BCUT2D eigenvalue weighted by Crippen LogP contribution is 2.43. The Bertz CT molecular complexity index is 5770. The number of rotatable bonds is 40. The smallest absolute Gasteiger partial charge is 0.416 e. The van der Waals surface area contributed by atoms with Crippen LogP contribution in [0.1, 0.15) is 95.9 Å². The van der Waals surface area contributed by atoms with Gasteiger partial charge >= 0.3 is 43.3 Å². The molecule has 17 rings (SSSR count). The first-order valence-corrected chi connectivity index (χ1v) is 73.7. The second-order valence-corrected chi connectivity index (χ2v) is 75.5. The first-order valence-electron chi connectivity index (χ1n) is 49.5. The Hall–Kier alpha value is -8.77. The summed E-state index contributed by atoms with van der Waals surface area (Å²) < 4.78 is 62.5. The molecule has 1 heterocycles. The van der Waals surface area contributed by atoms with Gasteiger partial charge in [0.25, 0.3) is 0 Å². The third kappa shape index (κ3) is 26.1. The van der Waals surface area contributed by atoms with Crippen LogP contribution in [0.4, 0.5) is 0 Å². The Morgan fingerprint density at radius 1 is 0.180 bits per heavy atom. The normalized spacial score (nSPS) is 17.7. The molecule has 1 aliphatic rings. The molecule has 0 aromatic heterocycles. The van der Waals surface area contributed by atoms with Crippen molar-refractivity contribution in [3.8, 4) is 0 Å². The molecule has 17 heteroatoms. The lowest BCUT2D eigenvalue weighted by Gasteiger charge is -2.50. The fraction of sp³-hybridized carbons (Fsp3) is 0.310. The molecule has 1 saturated heterocycles. The van der Waals surface area contributed by atoms with Crippen molar-refractivity contribution in [2.75, 3.05) is 0 Å². The second-order valence-electron chi connectivity index (χ2n) is 40.8. The summed E-state index contributed by atoms with van der Waals surface area (Å²) in [5, 5.41) is 21.2. The van der Waals surface area contributed by atoms with Crippen LogP contribution in [0.3, 0.4) is 0 Å². The van der Waals surface area contributed by atoms with Gasteiger partial charge in [-0.15, -0.1) is 0 Å². The molecule has 0 saturated carbocycles. The van der Waals surface area contributed by atoms with Crippen molar-refractivity contribution in [2.45, 2.75) is 230 Å². The van der Waals surface area contributed by atoms with Crippen molar-refractivity contribution in [3.05, 3.63) is 384 Å². The molecule has 8 nitrogen and oxygen atoms in total. The maximum Gasteiger partial charge on any atom is 0.636 e. The largest absolute Gasteiger partial charge is 0.636 e. The molecule has 0 N–H and O–H groups in total. The monoisotopic (exact) mass is 1910 g/mol. The molecule has 16 aromatic rings. The number of fused-ring (bicyclic) bond motifs is 8. The third-order valence-corrected chi connectivity index (χ3v) is 65.5. The van der Waals surface area contributed by atoms with Crippen LogP contribution >= 0.6 is 0 Å². The average molecular weight is 1920 g/mol. The summed E-state index contributed by atoms with van der Waals surface area (Å²) in [5.41, 5.74) is 11.2. The SMILES string of the molecule is C[Si](C)(CCCc1cccc2ccccc12)O[Si](O[Si](C)(C)CCCc1cccc2ccccc12)(O[Si](C)(C)CCCc1cccc2ccccc12)O[Si](C)(C)CCCc1cccc2ccccc12.C[Si]1(CCCc2cccc3ccccc23)O[Si](C)(CCCc2cccc3ccccc23)O[Si](C)(CCCc2cccc3ccccc23)O[Si](C)(CCCc2cccc3ccccc23)O1. The highest BCUT2D eigenvalue weighted by atomic mass is 28.5. The number of aryl methyl sites for hydroxylation is 8. The minimum absolute atomic E-state index is 0.903. The van der Waals surface area contributed by atoms with Crippen LogP contribution in [-0.4, -0.2) is 76.6 Å². The Labute approximate surface area is 803 Å². The lowest BCUT2D eigenvalue weighted by Crippen LogP contribution is -2.67. The summed E-state index contributed by atoms with van der Waals surface area (Å²) in [6.45, 7) is 28.6. The summed E-state index contributed by atoms with van der Waals surface area (Å²) in [6, 6.07) is 132. The number of benzene rings is 16. The minimum Gasteiger partial charge on any atom is -0.416 e. The van der Waals surface area contributed by atoms with E-state index in [2.05, 4.69) is 418 Å². The molecule has 16 aromatic carbocycles. The van der Waals surface area contributed by atoms with Gasteiger partial charge in [0.05, 0.1) is 0 Å². The summed E-state index contributed by atoms with van der Waals surface area (Å²) in [7, 11) is -24.9. The predicted molar refractivity (Wildman–Crippen MR) is 587 cm³/mol. The van der Waals surface area contributed by atoms with Gasteiger partial charge < -0.3 is 32.9 Å². The van der Waals surface area contributed by atoms with E-state index >= 15 is 0 Å². The molecule has 0 atom stereocenters. The quantitative estimate of drug-likeness (QED) is 0.0352. The first-order chi connectivity index (χ1) is 64.1. The van der Waals surface area contributed by atoms with Crippen molar-refractivity contribution in [1.82, 2.24) is 0 Å². The average Bonchev–Trinajstić information content (AvgIpc) is 0.761. The van der Waals surface area contributed by atoms with E-state index in [1.165, 1.54) is 131 Å². The summed E-state index contributed by atoms with van der Waals surface area (Å²) in [4.78, 5) is 0. The van der Waals surface area contributed by atoms with Gasteiger partial charge in [-0.2, -0.15) is 0 Å². The van der Waals surface area contributed by atoms with Gasteiger partial charge in [-0.3, -0.25) is 0 Å². The molecule has 0 radical (unpaired) electrons. The second kappa shape index (κ2) is 43.7. The molecule has 1 aliphatic heterocycles. The maximum absolute atomic E-state index is 7.84. The van der Waals surface area contributed by atoms with E-state index in [4.69, 9.17) is 32.9 Å². The van der Waals surface area contributed by atoms with Crippen LogP contribution in [0.25, 0.3) is 86.2 Å². The first kappa shape index (κ1) is 97.3. The molecular formula is C116H140O8Si9. The van der Waals surface area contributed by atoms with Gasteiger partial charge in [0.2, 0.25) is 0 Å². The molecule has 688 valence electrons. The zero-order valence-electron chi connectivity index (χ0n) is 81.1. The molecule has 0 amide bonds. The lowest BCUT2D eigenvalue weighted by atomic mass is 10.0. The van der Waals surface area contributed by atoms with Crippen molar-refractivity contribution in [2.24, 2.45) is 0 Å². The van der Waals surface area contributed by atoms with Crippen molar-refractivity contribution >= 4 is 163 Å². The summed E-state index contributed by atoms with van der Waals surface area (Å²) in [5.74, 6) is 0. The van der Waals surface area contributed by atoms with Gasteiger partial charge in [-0.05, 0) is 360 Å². The van der Waals surface area contributed by atoms with E-state index in [-0.39, 0.29) is 0 Å². The van der Waals surface area contributed by atoms with Crippen molar-refractivity contribution in [3.63, 3.8) is 0 Å². The number of hydrogen-bond donors (Lipinski definition) is 0. The van der Waals surface area contributed by atoms with E-state index < -0.39 is 76.6 Å². The fourth-order valence-electron chi connectivity index (χ4n) is 21.3. The zero-order chi connectivity index (χ0) is 92.6. The fourth-order valence-corrected chi connectivity index (χ4v) is 64.5. The standard InChI is InChI=1S/C60H76O4Si5.C56H64O4Si4/c1-65(2,45-21-37-53-33-17-29-49-25-9-13-41-57(49)53)61-69(62-66(3,4)46-22-38-54-34-18-30-50-26-10-14-42-58(50)54,63-67(5,6)47-23-39-55-35-19-31-51-27-11-15-43-59(51)55)64-68(7,8)48-24-40-56-36-20-32-52-28-12-16-44-60(52)56;1-61(41-17-33-49-29-13-25-45-21-5-9-37-53(45)49)57-62(2,42-18-34-50-30-14-26-46-22-6-10-38-54(46)50)59-64(4,44-20-36-52-32-16-28-48-24-8-12-40-56(48)52)60-63(3,58-61)43-19-35-51-31-15-27-47-23-7-11-39-55(47)51/h9-20,25-36,41-44H,21-24,37-40,45-48H2,1-8H3;5-16,21-32,37-40H,17-20,33-36,41-44H2,1-4H3. The van der Waals surface area contributed by atoms with E-state index in [0.717, 1.165) is 151 Å². The Morgan fingerprint density at radius 3 is 0.474 bits per heavy atom. The topological polar surface area (TPSA) is 73.8 Å². The van der Waals surface area contributed by atoms with Crippen molar-refractivity contribution < 1.29 is 32.9 Å². The van der Waals surface area contributed by atoms with Crippen molar-refractivity contribution in [1.29, 1.82) is 0 Å². The Kier molecular flexibility index (Phi) is 32.0. The van der Waals surface area contributed by atoms with Crippen LogP contribution in [0, 0.1) is 0 Å². The van der Waals surface area contributed by atoms with Gasteiger partial charge in [-0.25, -0.2) is 0 Å². The van der Waals surface area contributed by atoms with Crippen LogP contribution in [0.5, 0.6) is 0 Å². The Balaban J connectivity index is 0.000000194. The zero-order valence-corrected chi connectivity index (χ0v) is 90.1. The van der Waals surface area contributed by atoms with Gasteiger partial charge in [0.15, 0.2) is 33.3 Å². The molecule has 0 aliphatic carbocycles. The lowest BCUT2D eigenvalue weighted by molar-refractivity contribution is 0.144. The highest BCUT2D eigenvalue weighted by molar-refractivity contribution is 6.94. The molecule has 0 bridgehead atoms. The van der Waals surface area contributed by atoms with E-state index in [0.29, 0.717) is 0 Å². The Morgan fingerprint density at radius 2 is 0.316 bits per heavy atom. The van der Waals surface area contributed by atoms with Crippen LogP contribution < -0.4 is 0 Å². The number of hydrogen-bond acceptors (Lipinski definition) is 8. The van der Waals surface area contributed by atoms with Crippen LogP contribution in [-0.2, 0) is 84.3 Å². The minimum atomic E-state index is -3.78. The van der Waals surface area contributed by atoms with Gasteiger partial charge in [0, 0.05) is 0 Å². The van der Waals surface area contributed by atoms with Gasteiger partial charge in [-0.1, -0.05) is 340 Å². The van der Waals surface area contributed by atoms with E-state index in [1.54, 1.807) is 0 Å². The van der Waals surface area contributed by atoms with Crippen LogP contribution in [0.15, 0.2) is 340 Å². The molecule has 0 unspecified atom stereocenters. The summed E-state index contributed by atoms with van der Waals surface area (Å²) in [6.07, 6.45) is 16.1. The summed E-state index contributed by atoms with van der Waals surface area (Å²) >= 11 is 0. The predicted octanol–water partition coefficient (Wildman–Crippen LogP) is 33.0. The molecule has 0 spiro atoms. The highest BCUT2D eigenvalue weighted by Gasteiger charge is 2.59.